The number of unbranched alkanes of at least 4 members (excludes halogenated alkanes) is 16. The van der Waals surface area contributed by atoms with E-state index in [-0.39, 0.29) is 0 Å². The van der Waals surface area contributed by atoms with Gasteiger partial charge in [-0.3, -0.25) is 24.5 Å². The summed E-state index contributed by atoms with van der Waals surface area (Å²) >= 11 is 16.4. The molecule has 0 saturated heterocycles. The second-order valence-electron chi connectivity index (χ2n) is 24.6. The van der Waals surface area contributed by atoms with Crippen molar-refractivity contribution >= 4 is 76.5 Å². The number of benzene rings is 3. The van der Waals surface area contributed by atoms with Crippen molar-refractivity contribution in [1.29, 1.82) is 0 Å². The van der Waals surface area contributed by atoms with Crippen LogP contribution in [0.3, 0.4) is 0 Å². The van der Waals surface area contributed by atoms with Crippen LogP contribution in [0, 0.1) is 14.3 Å². The Morgan fingerprint density at radius 3 is 0.878 bits per heavy atom. The lowest BCUT2D eigenvalue weighted by Gasteiger charge is -2.30. The molecule has 0 spiro atoms. The Labute approximate surface area is 566 Å². The van der Waals surface area contributed by atoms with Crippen molar-refractivity contribution in [2.75, 3.05) is 72.1 Å². The number of hydrogen-bond acceptors (Lipinski definition) is 9. The van der Waals surface area contributed by atoms with Crippen molar-refractivity contribution in [3.8, 4) is 0 Å². The number of carbonyl (C=O) groups is 1. The fourth-order valence-corrected chi connectivity index (χ4v) is 11.6. The summed E-state index contributed by atoms with van der Waals surface area (Å²) in [5, 5.41) is 0. The van der Waals surface area contributed by atoms with Gasteiger partial charge in [0.25, 0.3) is 0 Å². The third kappa shape index (κ3) is 36.0. The van der Waals surface area contributed by atoms with E-state index in [2.05, 4.69) is 179 Å². The molecule has 0 aliphatic carbocycles. The van der Waals surface area contributed by atoms with Crippen LogP contribution in [0.4, 0.5) is 0 Å². The predicted molar refractivity (Wildman–Crippen MR) is 404 cm³/mol. The molecule has 6 rings (SSSR count). The summed E-state index contributed by atoms with van der Waals surface area (Å²) in [7, 11) is 0. The lowest BCUT2D eigenvalue weighted by atomic mass is 10.1. The summed E-state index contributed by atoms with van der Waals surface area (Å²) < 4.78 is 9.43. The minimum atomic E-state index is 0.682. The lowest BCUT2D eigenvalue weighted by molar-refractivity contribution is -0.0980. The molecule has 3 aromatic carbocycles. The fraction of sp³-hybridized carbons (Fsp3) is 0.707. The van der Waals surface area contributed by atoms with Gasteiger partial charge in [0.15, 0.2) is 14.3 Å². The Morgan fingerprint density at radius 2 is 0.567 bits per heavy atom. The Bertz CT molecular complexity index is 2600. The van der Waals surface area contributed by atoms with Gasteiger partial charge in [-0.25, -0.2) is 0 Å². The van der Waals surface area contributed by atoms with Crippen molar-refractivity contribution in [1.82, 2.24) is 53.2 Å². The molecule has 0 bridgehead atoms. The number of rotatable bonds is 44. The number of hydrogen-bond donors (Lipinski definition) is 3. The number of H-pyrrole nitrogens is 3. The second kappa shape index (κ2) is 56.7. The Kier molecular flexibility index (Phi) is 53.1. The van der Waals surface area contributed by atoms with Crippen LogP contribution >= 0.6 is 36.7 Å². The summed E-state index contributed by atoms with van der Waals surface area (Å²) in [6.45, 7) is 45.2. The molecule has 6 aromatic rings. The van der Waals surface area contributed by atoms with Gasteiger partial charge in [-0.15, -0.1) is 0 Å². The average molecular weight is 1300 g/mol. The predicted octanol–water partition coefficient (Wildman–Crippen LogP) is 22.0. The topological polar surface area (TPSA) is 95.4 Å². The first kappa shape index (κ1) is 84.2. The summed E-state index contributed by atoms with van der Waals surface area (Å²) in [5.41, 5.74) is 7.00. The highest BCUT2D eigenvalue weighted by atomic mass is 32.1. The van der Waals surface area contributed by atoms with Crippen LogP contribution in [-0.4, -0.2) is 132 Å². The average Bonchev–Trinajstić information content (AvgIpc) is 2.04. The van der Waals surface area contributed by atoms with Crippen LogP contribution < -0.4 is 0 Å². The summed E-state index contributed by atoms with van der Waals surface area (Å²) in [4.78, 5) is 30.4. The van der Waals surface area contributed by atoms with Crippen LogP contribution in [0.25, 0.3) is 33.1 Å². The molecule has 3 N–H and O–H groups in total. The molecule has 12 nitrogen and oxygen atoms in total. The molecule has 514 valence electrons. The minimum Gasteiger partial charge on any atom is -0.331 e. The van der Waals surface area contributed by atoms with Gasteiger partial charge in [0.2, 0.25) is 0 Å². The number of aromatic nitrogens is 6. The molecule has 0 atom stereocenters. The molecule has 0 aliphatic heterocycles. The monoisotopic (exact) mass is 1300 g/mol. The summed E-state index contributed by atoms with van der Waals surface area (Å²) in [6, 6.07) is 25.0. The van der Waals surface area contributed by atoms with Crippen LogP contribution in [0.2, 0.25) is 0 Å². The van der Waals surface area contributed by atoms with Crippen LogP contribution in [0.1, 0.15) is 256 Å². The minimum absolute atomic E-state index is 0.682. The highest BCUT2D eigenvalue weighted by Gasteiger charge is 2.17. The van der Waals surface area contributed by atoms with Gasteiger partial charge in [-0.2, -0.15) is 0 Å². The van der Waals surface area contributed by atoms with Gasteiger partial charge in [0, 0.05) is 0 Å². The molecule has 15 heteroatoms. The molecule has 0 fully saturated rings. The summed E-state index contributed by atoms with van der Waals surface area (Å²) in [5.74, 6) is 0. The van der Waals surface area contributed by atoms with Gasteiger partial charge in [-0.1, -0.05) is 229 Å². The van der Waals surface area contributed by atoms with Gasteiger partial charge in [-0.05, 0) is 203 Å². The number of nitrogens with zero attached hydrogens (tertiary/aromatic N) is 8. The van der Waals surface area contributed by atoms with E-state index in [1.54, 1.807) is 0 Å². The molecular formula is C75H135N11OS3. The first-order chi connectivity index (χ1) is 44.0. The fourth-order valence-electron chi connectivity index (χ4n) is 10.8. The van der Waals surface area contributed by atoms with Gasteiger partial charge >= 0.3 is 0 Å². The molecule has 0 unspecified atom stereocenters. The maximum absolute atomic E-state index is 8.00. The number of fused-ring (bicyclic) bond motifs is 3. The van der Waals surface area contributed by atoms with E-state index in [0.29, 0.717) is 4.77 Å². The smallest absolute Gasteiger partial charge is 0.183 e. The van der Waals surface area contributed by atoms with Crippen molar-refractivity contribution in [3.63, 3.8) is 0 Å². The third-order valence-corrected chi connectivity index (χ3v) is 17.4. The number of carbonyl (C=O) groups excluding carboxylic acids is 1. The zero-order chi connectivity index (χ0) is 66.4. The van der Waals surface area contributed by atoms with E-state index in [9.17, 15) is 0 Å². The Hall–Kier alpha value is -3.80. The Morgan fingerprint density at radius 1 is 0.311 bits per heavy atom. The maximum atomic E-state index is 8.00. The van der Waals surface area contributed by atoms with Crippen LogP contribution in [0.15, 0.2) is 72.8 Å². The Balaban J connectivity index is 0.000000593. The van der Waals surface area contributed by atoms with Gasteiger partial charge in [0.05, 0.1) is 59.8 Å². The number of imidazole rings is 3. The van der Waals surface area contributed by atoms with E-state index in [1.807, 2.05) is 37.1 Å². The van der Waals surface area contributed by atoms with E-state index in [0.717, 1.165) is 85.4 Å². The third-order valence-electron chi connectivity index (χ3n) is 16.4. The first-order valence-electron chi connectivity index (χ1n) is 36.4. The van der Waals surface area contributed by atoms with Gasteiger partial charge in [0.1, 0.15) is 6.79 Å². The van der Waals surface area contributed by atoms with E-state index in [1.165, 1.54) is 223 Å². The van der Waals surface area contributed by atoms with E-state index in [4.69, 9.17) is 41.4 Å². The number of nitrogens with one attached hydrogen (secondary N) is 3. The maximum Gasteiger partial charge on any atom is 0.183 e. The molecule has 0 radical (unpaired) electrons. The summed E-state index contributed by atoms with van der Waals surface area (Å²) in [6.07, 6.45) is 35.5. The molecule has 3 heterocycles. The highest BCUT2D eigenvalue weighted by molar-refractivity contribution is 7.71. The van der Waals surface area contributed by atoms with Crippen molar-refractivity contribution in [3.05, 3.63) is 87.1 Å². The van der Waals surface area contributed by atoms with E-state index < -0.39 is 0 Å². The number of aromatic amines is 3. The zero-order valence-corrected chi connectivity index (χ0v) is 62.3. The van der Waals surface area contributed by atoms with Crippen molar-refractivity contribution in [2.24, 2.45) is 0 Å². The molecular weight excluding hydrogens is 1170 g/mol. The van der Waals surface area contributed by atoms with Gasteiger partial charge < -0.3 is 33.4 Å². The normalized spacial score (nSPS) is 11.2. The van der Waals surface area contributed by atoms with Crippen LogP contribution in [0.5, 0.6) is 0 Å². The highest BCUT2D eigenvalue weighted by Crippen LogP contribution is 2.21. The molecule has 0 saturated carbocycles. The SMILES string of the molecule is C=O.CCCCCCCCC.CCCCN(CCCC)CN(CCCC)CCCC.CCCCN(CCCC)Cn1c(=S)[nH]c2ccccc21.CCCCN(CCCC)Cn1c(=S)n(CN(CCCC)CCCC)c2ccccc21.S=c1[nH]c2ccccc2[nH]1. The second-order valence-corrected chi connectivity index (χ2v) is 25.7. The molecule has 3 aromatic heterocycles. The zero-order valence-electron chi connectivity index (χ0n) is 59.8. The van der Waals surface area contributed by atoms with Crippen molar-refractivity contribution in [2.45, 2.75) is 276 Å². The van der Waals surface area contributed by atoms with Crippen LogP contribution in [-0.2, 0) is 24.8 Å². The quantitative estimate of drug-likeness (QED) is 0.0196. The first-order valence-corrected chi connectivity index (χ1v) is 37.6. The molecule has 0 amide bonds. The molecule has 0 aliphatic rings. The lowest BCUT2D eigenvalue weighted by Crippen LogP contribution is -2.40. The van der Waals surface area contributed by atoms with E-state index >= 15 is 0 Å². The van der Waals surface area contributed by atoms with Crippen molar-refractivity contribution < 1.29 is 4.79 Å². The standard InChI is InChI=1S/C25H44N4S.C17H38N2.C16H25N3S.C9H20.C7H6N2S.CH2O/c1-5-9-17-26(18-10-6-2)21-28-23-15-13-14-16-24(23)29(25(28)30)22-27(19-11-7-3)20-12-8-4;1-5-9-13-18(14-10-6-2)17-19(15-11-7-3)16-12-8-4;1-3-5-11-18(12-6-4-2)13-19-15-10-8-7-9-14(15)17-16(19)20;1-3-5-7-9-8-6-4-2;10-7-8-5-3-1-2-4-6(5)9-7;1-2/h13-16H,5-12,17-22H2,1-4H3;5-17H2,1-4H3;7-10H,3-6,11-13H2,1-2H3,(H,17,20);3-9H2,1-2H3;1-4H,(H2,8,9,10);1H2. The largest absolute Gasteiger partial charge is 0.331 e. The molecule has 90 heavy (non-hydrogen) atoms. The number of para-hydroxylation sites is 6.